The first-order valence-corrected chi connectivity index (χ1v) is 12.5. The SMILES string of the molecule is Cc1ccc(S(=O)(=O)N2CCN(CC(=O)NCC(O)COc3ccc4c(c3)OCO4)CC2)cc1. The summed E-state index contributed by atoms with van der Waals surface area (Å²) in [6.45, 7) is 3.80. The van der Waals surface area contributed by atoms with Crippen molar-refractivity contribution in [2.24, 2.45) is 0 Å². The number of carbonyl (C=O) groups excluding carboxylic acids is 1. The molecule has 11 heteroatoms. The Morgan fingerprint density at radius 1 is 1.09 bits per heavy atom. The molecule has 1 atom stereocenters. The number of aliphatic hydroxyl groups excluding tert-OH is 1. The van der Waals surface area contributed by atoms with Crippen molar-refractivity contribution in [3.8, 4) is 17.2 Å². The lowest BCUT2D eigenvalue weighted by atomic mass is 10.2. The molecule has 2 heterocycles. The zero-order chi connectivity index (χ0) is 24.1. The molecule has 1 unspecified atom stereocenters. The van der Waals surface area contributed by atoms with Crippen molar-refractivity contribution in [3.63, 3.8) is 0 Å². The summed E-state index contributed by atoms with van der Waals surface area (Å²) in [5.41, 5.74) is 0.999. The Balaban J connectivity index is 1.16. The summed E-state index contributed by atoms with van der Waals surface area (Å²) in [5, 5.41) is 12.8. The number of carbonyl (C=O) groups is 1. The van der Waals surface area contributed by atoms with Gasteiger partial charge in [0, 0.05) is 38.8 Å². The summed E-state index contributed by atoms with van der Waals surface area (Å²) in [6.07, 6.45) is -0.883. The molecule has 1 fully saturated rings. The molecule has 4 rings (SSSR count). The van der Waals surface area contributed by atoms with Crippen molar-refractivity contribution in [2.45, 2.75) is 17.9 Å². The lowest BCUT2D eigenvalue weighted by molar-refractivity contribution is -0.123. The summed E-state index contributed by atoms with van der Waals surface area (Å²) in [4.78, 5) is 14.5. The number of rotatable bonds is 9. The molecular formula is C23H29N3O7S. The Bertz CT molecular complexity index is 1100. The number of sulfonamides is 1. The normalized spacial score (nSPS) is 17.4. The van der Waals surface area contributed by atoms with Crippen LogP contribution < -0.4 is 19.5 Å². The minimum Gasteiger partial charge on any atom is -0.491 e. The zero-order valence-electron chi connectivity index (χ0n) is 19.0. The highest BCUT2D eigenvalue weighted by Gasteiger charge is 2.29. The number of ether oxygens (including phenoxy) is 3. The molecule has 184 valence electrons. The van der Waals surface area contributed by atoms with E-state index < -0.39 is 16.1 Å². The van der Waals surface area contributed by atoms with Crippen LogP contribution in [0.4, 0.5) is 0 Å². The highest BCUT2D eigenvalue weighted by atomic mass is 32.2. The molecule has 1 saturated heterocycles. The van der Waals surface area contributed by atoms with Crippen LogP contribution in [0.5, 0.6) is 17.2 Å². The second kappa shape index (κ2) is 10.6. The maximum Gasteiger partial charge on any atom is 0.243 e. The number of aryl methyl sites for hydroxylation is 1. The fraction of sp³-hybridized carbons (Fsp3) is 0.435. The molecule has 2 aliphatic heterocycles. The lowest BCUT2D eigenvalue weighted by Gasteiger charge is -2.33. The summed E-state index contributed by atoms with van der Waals surface area (Å²) in [6, 6.07) is 11.9. The van der Waals surface area contributed by atoms with Gasteiger partial charge in [-0.3, -0.25) is 9.69 Å². The predicted octanol–water partition coefficient (Wildman–Crippen LogP) is 0.586. The minimum atomic E-state index is -3.54. The van der Waals surface area contributed by atoms with Crippen LogP contribution in [0.25, 0.3) is 0 Å². The van der Waals surface area contributed by atoms with Crippen molar-refractivity contribution < 1.29 is 32.5 Å². The number of hydrogen-bond donors (Lipinski definition) is 2. The average molecular weight is 492 g/mol. The van der Waals surface area contributed by atoms with Crippen LogP contribution in [0.3, 0.4) is 0 Å². The zero-order valence-corrected chi connectivity index (χ0v) is 19.8. The second-order valence-corrected chi connectivity index (χ2v) is 10.2. The van der Waals surface area contributed by atoms with Crippen LogP contribution >= 0.6 is 0 Å². The van der Waals surface area contributed by atoms with Gasteiger partial charge in [-0.05, 0) is 31.2 Å². The number of fused-ring (bicyclic) bond motifs is 1. The molecule has 2 aromatic rings. The molecule has 0 spiro atoms. The number of benzene rings is 2. The second-order valence-electron chi connectivity index (χ2n) is 8.28. The Hall–Kier alpha value is -2.86. The first-order chi connectivity index (χ1) is 16.3. The molecule has 10 nitrogen and oxygen atoms in total. The summed E-state index contributed by atoms with van der Waals surface area (Å²) in [5.74, 6) is 1.53. The Labute approximate surface area is 199 Å². The average Bonchev–Trinajstić information content (AvgIpc) is 3.30. The maximum absolute atomic E-state index is 12.8. The van der Waals surface area contributed by atoms with E-state index in [-0.39, 0.29) is 37.3 Å². The van der Waals surface area contributed by atoms with Crippen LogP contribution in [0, 0.1) is 6.92 Å². The molecule has 1 amide bonds. The van der Waals surface area contributed by atoms with E-state index in [0.717, 1.165) is 5.56 Å². The topological polar surface area (TPSA) is 118 Å². The standard InChI is InChI=1S/C23H29N3O7S/c1-17-2-5-20(6-3-17)34(29,30)26-10-8-25(9-11-26)14-23(28)24-13-18(27)15-31-19-4-7-21-22(12-19)33-16-32-21/h2-7,12,18,27H,8-11,13-16H2,1H3,(H,24,28). The number of aliphatic hydroxyl groups is 1. The maximum atomic E-state index is 12.8. The van der Waals surface area contributed by atoms with Gasteiger partial charge in [0.15, 0.2) is 11.5 Å². The largest absolute Gasteiger partial charge is 0.491 e. The fourth-order valence-electron chi connectivity index (χ4n) is 3.70. The van der Waals surface area contributed by atoms with Crippen molar-refractivity contribution in [2.75, 3.05) is 52.7 Å². The summed E-state index contributed by atoms with van der Waals surface area (Å²) in [7, 11) is -3.54. The van der Waals surface area contributed by atoms with E-state index in [0.29, 0.717) is 43.4 Å². The number of nitrogens with zero attached hydrogens (tertiary/aromatic N) is 2. The van der Waals surface area contributed by atoms with Gasteiger partial charge < -0.3 is 24.6 Å². The van der Waals surface area contributed by atoms with E-state index in [4.69, 9.17) is 14.2 Å². The minimum absolute atomic E-state index is 0.00939. The highest BCUT2D eigenvalue weighted by molar-refractivity contribution is 7.89. The molecule has 2 N–H and O–H groups in total. The number of nitrogens with one attached hydrogen (secondary N) is 1. The van der Waals surface area contributed by atoms with E-state index in [1.54, 1.807) is 42.5 Å². The predicted molar refractivity (Wildman–Crippen MR) is 123 cm³/mol. The Morgan fingerprint density at radius 2 is 1.79 bits per heavy atom. The molecule has 0 aliphatic carbocycles. The van der Waals surface area contributed by atoms with Crippen LogP contribution in [0.15, 0.2) is 47.4 Å². The van der Waals surface area contributed by atoms with Gasteiger partial charge in [-0.1, -0.05) is 17.7 Å². The van der Waals surface area contributed by atoms with Crippen LogP contribution in [-0.2, 0) is 14.8 Å². The third-order valence-electron chi connectivity index (χ3n) is 5.68. The first-order valence-electron chi connectivity index (χ1n) is 11.1. The molecule has 2 aliphatic rings. The summed E-state index contributed by atoms with van der Waals surface area (Å²) >= 11 is 0. The fourth-order valence-corrected chi connectivity index (χ4v) is 5.12. The van der Waals surface area contributed by atoms with E-state index in [9.17, 15) is 18.3 Å². The van der Waals surface area contributed by atoms with Crippen LogP contribution in [0.2, 0.25) is 0 Å². The monoisotopic (exact) mass is 491 g/mol. The Kier molecular flexibility index (Phi) is 7.57. The lowest BCUT2D eigenvalue weighted by Crippen LogP contribution is -2.51. The van der Waals surface area contributed by atoms with Crippen molar-refractivity contribution >= 4 is 15.9 Å². The number of piperazine rings is 1. The van der Waals surface area contributed by atoms with E-state index in [1.165, 1.54) is 4.31 Å². The third kappa shape index (κ3) is 5.98. The highest BCUT2D eigenvalue weighted by Crippen LogP contribution is 2.35. The molecule has 0 bridgehead atoms. The molecular weight excluding hydrogens is 462 g/mol. The van der Waals surface area contributed by atoms with Gasteiger partial charge in [0.2, 0.25) is 22.7 Å². The van der Waals surface area contributed by atoms with Gasteiger partial charge in [0.25, 0.3) is 0 Å². The molecule has 2 aromatic carbocycles. The van der Waals surface area contributed by atoms with Gasteiger partial charge in [0.05, 0.1) is 11.4 Å². The third-order valence-corrected chi connectivity index (χ3v) is 7.59. The molecule has 0 aromatic heterocycles. The van der Waals surface area contributed by atoms with Gasteiger partial charge in [-0.2, -0.15) is 4.31 Å². The van der Waals surface area contributed by atoms with Crippen LogP contribution in [0.1, 0.15) is 5.56 Å². The number of amides is 1. The molecule has 34 heavy (non-hydrogen) atoms. The smallest absolute Gasteiger partial charge is 0.243 e. The first kappa shape index (κ1) is 24.3. The van der Waals surface area contributed by atoms with Crippen molar-refractivity contribution in [3.05, 3.63) is 48.0 Å². The van der Waals surface area contributed by atoms with Gasteiger partial charge in [-0.25, -0.2) is 8.42 Å². The van der Waals surface area contributed by atoms with Gasteiger partial charge in [0.1, 0.15) is 18.5 Å². The Morgan fingerprint density at radius 3 is 2.53 bits per heavy atom. The van der Waals surface area contributed by atoms with Crippen molar-refractivity contribution in [1.29, 1.82) is 0 Å². The molecule has 0 radical (unpaired) electrons. The van der Waals surface area contributed by atoms with E-state index in [1.807, 2.05) is 11.8 Å². The van der Waals surface area contributed by atoms with E-state index >= 15 is 0 Å². The van der Waals surface area contributed by atoms with Gasteiger partial charge >= 0.3 is 0 Å². The quantitative estimate of drug-likeness (QED) is 0.523. The van der Waals surface area contributed by atoms with E-state index in [2.05, 4.69) is 5.32 Å². The summed E-state index contributed by atoms with van der Waals surface area (Å²) < 4.78 is 43.1. The molecule has 0 saturated carbocycles. The van der Waals surface area contributed by atoms with Crippen molar-refractivity contribution in [1.82, 2.24) is 14.5 Å². The van der Waals surface area contributed by atoms with Crippen LogP contribution in [-0.4, -0.2) is 87.4 Å². The van der Waals surface area contributed by atoms with Gasteiger partial charge in [-0.15, -0.1) is 0 Å². The number of hydrogen-bond acceptors (Lipinski definition) is 8.